The summed E-state index contributed by atoms with van der Waals surface area (Å²) in [4.78, 5) is 34.2. The Hall–Kier alpha value is -2.11. The number of allylic oxidation sites excluding steroid dienone is 1. The number of fused-ring (bicyclic) bond motifs is 1. The van der Waals surface area contributed by atoms with Gasteiger partial charge in [-0.2, -0.15) is 0 Å². The van der Waals surface area contributed by atoms with Crippen molar-refractivity contribution in [3.8, 4) is 0 Å². The van der Waals surface area contributed by atoms with Crippen LogP contribution in [0.15, 0.2) is 22.2 Å². The molecule has 0 bridgehead atoms. The van der Waals surface area contributed by atoms with Gasteiger partial charge in [0.15, 0.2) is 5.65 Å². The molecule has 0 unspecified atom stereocenters. The van der Waals surface area contributed by atoms with E-state index in [1.807, 2.05) is 6.08 Å². The van der Waals surface area contributed by atoms with E-state index in [1.165, 1.54) is 0 Å². The monoisotopic (exact) mass is 234 g/mol. The molecular formula is C11H14N4O2. The summed E-state index contributed by atoms with van der Waals surface area (Å²) in [6, 6.07) is 0. The van der Waals surface area contributed by atoms with Crippen LogP contribution in [0.5, 0.6) is 0 Å². The van der Waals surface area contributed by atoms with Crippen molar-refractivity contribution in [2.75, 3.05) is 0 Å². The predicted octanol–water partition coefficient (Wildman–Crippen LogP) is 0.838. The summed E-state index contributed by atoms with van der Waals surface area (Å²) in [6.07, 6.45) is 5.60. The number of unbranched alkanes of at least 4 members (excludes halogenated alkanes) is 2. The molecule has 0 fully saturated rings. The zero-order chi connectivity index (χ0) is 12.3. The second-order valence-electron chi connectivity index (χ2n) is 3.85. The van der Waals surface area contributed by atoms with Crippen LogP contribution >= 0.6 is 0 Å². The molecule has 0 spiro atoms. The molecule has 0 saturated heterocycles. The van der Waals surface area contributed by atoms with Gasteiger partial charge in [0.1, 0.15) is 11.3 Å². The lowest BCUT2D eigenvalue weighted by molar-refractivity contribution is 0.726. The van der Waals surface area contributed by atoms with Crippen molar-refractivity contribution in [3.63, 3.8) is 0 Å². The van der Waals surface area contributed by atoms with E-state index in [2.05, 4.69) is 26.5 Å². The standard InChI is InChI=1S/C11H14N4O2/c1-2-3-4-5-6-7-12-8-9(13-7)14-11(17)15-10(8)16/h2H,1,3-6H2,(H3,12,13,14,15,16,17). The summed E-state index contributed by atoms with van der Waals surface area (Å²) < 4.78 is 0. The summed E-state index contributed by atoms with van der Waals surface area (Å²) in [6.45, 7) is 3.65. The first kappa shape index (κ1) is 11.4. The molecule has 0 amide bonds. The van der Waals surface area contributed by atoms with Gasteiger partial charge in [-0.15, -0.1) is 6.58 Å². The van der Waals surface area contributed by atoms with Gasteiger partial charge in [-0.3, -0.25) is 14.8 Å². The van der Waals surface area contributed by atoms with Gasteiger partial charge in [0.2, 0.25) is 0 Å². The molecule has 0 atom stereocenters. The minimum absolute atomic E-state index is 0.317. The van der Waals surface area contributed by atoms with Gasteiger partial charge >= 0.3 is 5.69 Å². The largest absolute Gasteiger partial charge is 0.336 e. The van der Waals surface area contributed by atoms with Crippen molar-refractivity contribution in [3.05, 3.63) is 39.3 Å². The van der Waals surface area contributed by atoms with Crippen molar-refractivity contribution in [2.45, 2.75) is 25.7 Å². The Labute approximate surface area is 96.8 Å². The third-order valence-corrected chi connectivity index (χ3v) is 2.51. The topological polar surface area (TPSA) is 94.4 Å². The van der Waals surface area contributed by atoms with E-state index in [1.54, 1.807) is 0 Å². The third kappa shape index (κ3) is 2.52. The molecule has 0 saturated carbocycles. The highest BCUT2D eigenvalue weighted by molar-refractivity contribution is 5.68. The van der Waals surface area contributed by atoms with Gasteiger partial charge in [-0.05, 0) is 19.3 Å². The van der Waals surface area contributed by atoms with Gasteiger partial charge in [-0.25, -0.2) is 9.78 Å². The van der Waals surface area contributed by atoms with Crippen molar-refractivity contribution < 1.29 is 0 Å². The molecule has 6 nitrogen and oxygen atoms in total. The van der Waals surface area contributed by atoms with Gasteiger partial charge in [0, 0.05) is 6.42 Å². The molecule has 2 heterocycles. The molecule has 2 rings (SSSR count). The number of rotatable bonds is 5. The molecule has 3 N–H and O–H groups in total. The summed E-state index contributed by atoms with van der Waals surface area (Å²) in [5.74, 6) is 0.719. The van der Waals surface area contributed by atoms with E-state index in [-0.39, 0.29) is 0 Å². The fourth-order valence-corrected chi connectivity index (χ4v) is 1.68. The van der Waals surface area contributed by atoms with Gasteiger partial charge in [0.25, 0.3) is 5.56 Å². The average molecular weight is 234 g/mol. The van der Waals surface area contributed by atoms with Crippen molar-refractivity contribution in [2.24, 2.45) is 0 Å². The molecule has 0 aromatic carbocycles. The number of aryl methyl sites for hydroxylation is 1. The maximum atomic E-state index is 11.4. The third-order valence-electron chi connectivity index (χ3n) is 2.51. The number of nitrogens with zero attached hydrogens (tertiary/aromatic N) is 1. The maximum Gasteiger partial charge on any atom is 0.327 e. The summed E-state index contributed by atoms with van der Waals surface area (Å²) >= 11 is 0. The number of aromatic amines is 3. The summed E-state index contributed by atoms with van der Waals surface area (Å²) in [5.41, 5.74) is -0.332. The Balaban J connectivity index is 2.20. The number of H-pyrrole nitrogens is 3. The second kappa shape index (κ2) is 4.82. The van der Waals surface area contributed by atoms with Crippen LogP contribution in [0.4, 0.5) is 0 Å². The summed E-state index contributed by atoms with van der Waals surface area (Å²) in [5, 5.41) is 0. The minimum Gasteiger partial charge on any atom is -0.336 e. The number of hydrogen-bond acceptors (Lipinski definition) is 3. The Morgan fingerprint density at radius 2 is 2.00 bits per heavy atom. The van der Waals surface area contributed by atoms with Crippen LogP contribution in [-0.2, 0) is 6.42 Å². The molecule has 0 aliphatic rings. The Bertz CT molecular complexity index is 635. The van der Waals surface area contributed by atoms with Crippen LogP contribution in [-0.4, -0.2) is 19.9 Å². The van der Waals surface area contributed by atoms with Crippen molar-refractivity contribution in [1.29, 1.82) is 0 Å². The quantitative estimate of drug-likeness (QED) is 0.528. The zero-order valence-electron chi connectivity index (χ0n) is 9.38. The van der Waals surface area contributed by atoms with E-state index in [9.17, 15) is 9.59 Å². The van der Waals surface area contributed by atoms with E-state index < -0.39 is 11.2 Å². The van der Waals surface area contributed by atoms with Crippen molar-refractivity contribution >= 4 is 11.2 Å². The first-order chi connectivity index (χ1) is 8.20. The second-order valence-corrected chi connectivity index (χ2v) is 3.85. The first-order valence-electron chi connectivity index (χ1n) is 5.53. The minimum atomic E-state index is -0.535. The molecule has 6 heteroatoms. The number of imidazole rings is 1. The molecular weight excluding hydrogens is 220 g/mol. The van der Waals surface area contributed by atoms with Crippen molar-refractivity contribution in [1.82, 2.24) is 19.9 Å². The Morgan fingerprint density at radius 1 is 1.18 bits per heavy atom. The van der Waals surface area contributed by atoms with E-state index in [0.717, 1.165) is 31.5 Å². The first-order valence-corrected chi connectivity index (χ1v) is 5.53. The van der Waals surface area contributed by atoms with Crippen LogP contribution in [0.2, 0.25) is 0 Å². The molecule has 2 aromatic rings. The van der Waals surface area contributed by atoms with E-state index in [4.69, 9.17) is 0 Å². The van der Waals surface area contributed by atoms with Gasteiger partial charge in [-0.1, -0.05) is 6.08 Å². The Morgan fingerprint density at radius 3 is 2.76 bits per heavy atom. The number of nitrogens with one attached hydrogen (secondary N) is 3. The molecule has 90 valence electrons. The molecule has 0 radical (unpaired) electrons. The van der Waals surface area contributed by atoms with Gasteiger partial charge < -0.3 is 4.98 Å². The average Bonchev–Trinajstić information content (AvgIpc) is 2.67. The van der Waals surface area contributed by atoms with E-state index in [0.29, 0.717) is 11.2 Å². The van der Waals surface area contributed by atoms with Gasteiger partial charge in [0.05, 0.1) is 0 Å². The lowest BCUT2D eigenvalue weighted by atomic mass is 10.2. The number of aromatic nitrogens is 4. The highest BCUT2D eigenvalue weighted by atomic mass is 16.2. The highest BCUT2D eigenvalue weighted by Crippen LogP contribution is 2.06. The smallest absolute Gasteiger partial charge is 0.327 e. The van der Waals surface area contributed by atoms with E-state index >= 15 is 0 Å². The predicted molar refractivity (Wildman–Crippen MR) is 65.1 cm³/mol. The van der Waals surface area contributed by atoms with Crippen LogP contribution in [0.25, 0.3) is 11.2 Å². The maximum absolute atomic E-state index is 11.4. The highest BCUT2D eigenvalue weighted by Gasteiger charge is 2.06. The normalized spacial score (nSPS) is 10.8. The van der Waals surface area contributed by atoms with Crippen LogP contribution in [0.1, 0.15) is 25.1 Å². The Kier molecular flexibility index (Phi) is 3.22. The fourth-order valence-electron chi connectivity index (χ4n) is 1.68. The molecule has 17 heavy (non-hydrogen) atoms. The van der Waals surface area contributed by atoms with Crippen LogP contribution in [0, 0.1) is 0 Å². The zero-order valence-corrected chi connectivity index (χ0v) is 9.38. The molecule has 2 aromatic heterocycles. The lowest BCUT2D eigenvalue weighted by Crippen LogP contribution is -2.21. The summed E-state index contributed by atoms with van der Waals surface area (Å²) in [7, 11) is 0. The SMILES string of the molecule is C=CCCCCc1nc2[nH]c(=O)[nH]c(=O)c2[nH]1. The van der Waals surface area contributed by atoms with Crippen LogP contribution in [0.3, 0.4) is 0 Å². The van der Waals surface area contributed by atoms with Crippen LogP contribution < -0.4 is 11.2 Å². The molecule has 0 aliphatic heterocycles. The molecule has 0 aliphatic carbocycles. The fraction of sp³-hybridized carbons (Fsp3) is 0.364. The number of hydrogen-bond donors (Lipinski definition) is 3. The lowest BCUT2D eigenvalue weighted by Gasteiger charge is -1.94.